The maximum absolute atomic E-state index is 10.9. The van der Waals surface area contributed by atoms with Gasteiger partial charge in [-0.25, -0.2) is 9.78 Å². The molecular formula is C15H15N3O2. The summed E-state index contributed by atoms with van der Waals surface area (Å²) in [5.41, 5.74) is 3.47. The molecule has 0 aromatic carbocycles. The van der Waals surface area contributed by atoms with E-state index in [0.717, 1.165) is 36.6 Å². The van der Waals surface area contributed by atoms with Crippen molar-refractivity contribution in [2.24, 2.45) is 0 Å². The topological polar surface area (TPSA) is 66.3 Å². The predicted molar refractivity (Wildman–Crippen MR) is 74.9 cm³/mol. The lowest BCUT2D eigenvalue weighted by molar-refractivity contribution is 0.0696. The van der Waals surface area contributed by atoms with Crippen LogP contribution in [0.25, 0.3) is 0 Å². The normalized spacial score (nSPS) is 13.9. The predicted octanol–water partition coefficient (Wildman–Crippen LogP) is 2.05. The Morgan fingerprint density at radius 3 is 3.00 bits per heavy atom. The number of aromatic nitrogens is 2. The number of aryl methyl sites for hydroxylation is 1. The Morgan fingerprint density at radius 2 is 2.25 bits per heavy atom. The number of anilines is 1. The van der Waals surface area contributed by atoms with Gasteiger partial charge in [0.2, 0.25) is 0 Å². The molecule has 102 valence electrons. The van der Waals surface area contributed by atoms with E-state index in [1.54, 1.807) is 6.07 Å². The average molecular weight is 269 g/mol. The second kappa shape index (κ2) is 4.92. The Morgan fingerprint density at radius 1 is 1.40 bits per heavy atom. The zero-order chi connectivity index (χ0) is 14.1. The fourth-order valence-electron chi connectivity index (χ4n) is 2.56. The van der Waals surface area contributed by atoms with Crippen LogP contribution in [0.1, 0.15) is 27.2 Å². The van der Waals surface area contributed by atoms with Crippen LogP contribution in [0.3, 0.4) is 0 Å². The first-order valence-electron chi connectivity index (χ1n) is 6.53. The number of pyridine rings is 2. The van der Waals surface area contributed by atoms with Crippen molar-refractivity contribution in [2.45, 2.75) is 19.9 Å². The fraction of sp³-hybridized carbons (Fsp3) is 0.267. The van der Waals surface area contributed by atoms with Crippen molar-refractivity contribution in [3.63, 3.8) is 0 Å². The van der Waals surface area contributed by atoms with E-state index in [1.165, 1.54) is 11.8 Å². The van der Waals surface area contributed by atoms with E-state index in [9.17, 15) is 4.79 Å². The molecule has 2 aromatic heterocycles. The number of carboxylic acid groups (broad SMARTS) is 1. The summed E-state index contributed by atoms with van der Waals surface area (Å²) in [6.45, 7) is 3.52. The molecule has 0 saturated carbocycles. The van der Waals surface area contributed by atoms with Crippen molar-refractivity contribution in [1.29, 1.82) is 0 Å². The van der Waals surface area contributed by atoms with Crippen LogP contribution in [-0.4, -0.2) is 27.6 Å². The SMILES string of the molecule is Cc1cc(C(=O)O)cnc1N1CCc2ncccc2C1. The summed E-state index contributed by atoms with van der Waals surface area (Å²) in [6, 6.07) is 5.69. The van der Waals surface area contributed by atoms with Gasteiger partial charge in [-0.15, -0.1) is 0 Å². The summed E-state index contributed by atoms with van der Waals surface area (Å²) in [5.74, 6) is -0.0927. The van der Waals surface area contributed by atoms with Gasteiger partial charge in [-0.3, -0.25) is 4.98 Å². The summed E-state index contributed by atoms with van der Waals surface area (Å²) in [5, 5.41) is 8.98. The lowest BCUT2D eigenvalue weighted by Crippen LogP contribution is -2.32. The first-order chi connectivity index (χ1) is 9.65. The van der Waals surface area contributed by atoms with Crippen molar-refractivity contribution in [2.75, 3.05) is 11.4 Å². The molecule has 1 aliphatic rings. The maximum Gasteiger partial charge on any atom is 0.337 e. The molecule has 1 aliphatic heterocycles. The van der Waals surface area contributed by atoms with Gasteiger partial charge in [-0.05, 0) is 30.2 Å². The van der Waals surface area contributed by atoms with Gasteiger partial charge in [0.15, 0.2) is 0 Å². The minimum Gasteiger partial charge on any atom is -0.478 e. The van der Waals surface area contributed by atoms with Gasteiger partial charge >= 0.3 is 5.97 Å². The summed E-state index contributed by atoms with van der Waals surface area (Å²) in [4.78, 5) is 21.8. The standard InChI is InChI=1S/C15H15N3O2/c1-10-7-12(15(19)20)8-17-14(10)18-6-4-13-11(9-18)3-2-5-16-13/h2-3,5,7-8H,4,6,9H2,1H3,(H,19,20). The first kappa shape index (κ1) is 12.6. The third-order valence-corrected chi connectivity index (χ3v) is 3.56. The lowest BCUT2D eigenvalue weighted by Gasteiger charge is -2.30. The highest BCUT2D eigenvalue weighted by Gasteiger charge is 2.20. The number of fused-ring (bicyclic) bond motifs is 1. The average Bonchev–Trinajstić information content (AvgIpc) is 2.46. The third kappa shape index (κ3) is 2.22. The van der Waals surface area contributed by atoms with E-state index in [1.807, 2.05) is 19.2 Å². The quantitative estimate of drug-likeness (QED) is 0.903. The molecule has 0 saturated heterocycles. The van der Waals surface area contributed by atoms with Crippen LogP contribution in [0.4, 0.5) is 5.82 Å². The fourth-order valence-corrected chi connectivity index (χ4v) is 2.56. The summed E-state index contributed by atoms with van der Waals surface area (Å²) >= 11 is 0. The number of aromatic carboxylic acids is 1. The molecule has 2 aromatic rings. The highest BCUT2D eigenvalue weighted by molar-refractivity contribution is 5.87. The van der Waals surface area contributed by atoms with Crippen molar-refractivity contribution in [3.8, 4) is 0 Å². The van der Waals surface area contributed by atoms with Crippen molar-refractivity contribution in [3.05, 3.63) is 53.0 Å². The van der Waals surface area contributed by atoms with Crippen molar-refractivity contribution < 1.29 is 9.90 Å². The van der Waals surface area contributed by atoms with Gasteiger partial charge < -0.3 is 10.0 Å². The molecular weight excluding hydrogens is 254 g/mol. The Bertz CT molecular complexity index is 670. The molecule has 0 unspecified atom stereocenters. The van der Waals surface area contributed by atoms with Crippen LogP contribution >= 0.6 is 0 Å². The molecule has 3 rings (SSSR count). The van der Waals surface area contributed by atoms with Gasteiger partial charge in [-0.2, -0.15) is 0 Å². The molecule has 0 atom stereocenters. The second-order valence-electron chi connectivity index (χ2n) is 4.95. The minimum absolute atomic E-state index is 0.227. The summed E-state index contributed by atoms with van der Waals surface area (Å²) < 4.78 is 0. The number of rotatable bonds is 2. The van der Waals surface area contributed by atoms with Crippen LogP contribution in [0.15, 0.2) is 30.6 Å². The Hall–Kier alpha value is -2.43. The molecule has 5 nitrogen and oxygen atoms in total. The maximum atomic E-state index is 10.9. The number of nitrogens with zero attached hydrogens (tertiary/aromatic N) is 3. The third-order valence-electron chi connectivity index (χ3n) is 3.56. The zero-order valence-corrected chi connectivity index (χ0v) is 11.2. The van der Waals surface area contributed by atoms with Gasteiger partial charge in [0.25, 0.3) is 0 Å². The van der Waals surface area contributed by atoms with Gasteiger partial charge in [0.1, 0.15) is 5.82 Å². The van der Waals surface area contributed by atoms with E-state index >= 15 is 0 Å². The van der Waals surface area contributed by atoms with E-state index in [4.69, 9.17) is 5.11 Å². The van der Waals surface area contributed by atoms with Gasteiger partial charge in [-0.1, -0.05) is 6.07 Å². The zero-order valence-electron chi connectivity index (χ0n) is 11.2. The van der Waals surface area contributed by atoms with Crippen LogP contribution in [0.5, 0.6) is 0 Å². The molecule has 0 spiro atoms. The minimum atomic E-state index is -0.944. The largest absolute Gasteiger partial charge is 0.478 e. The number of carbonyl (C=O) groups is 1. The van der Waals surface area contributed by atoms with Crippen LogP contribution < -0.4 is 4.90 Å². The van der Waals surface area contributed by atoms with Gasteiger partial charge in [0, 0.05) is 37.6 Å². The second-order valence-corrected chi connectivity index (χ2v) is 4.95. The smallest absolute Gasteiger partial charge is 0.337 e. The molecule has 0 aliphatic carbocycles. The monoisotopic (exact) mass is 269 g/mol. The lowest BCUT2D eigenvalue weighted by atomic mass is 10.1. The highest BCUT2D eigenvalue weighted by atomic mass is 16.4. The molecule has 0 fully saturated rings. The number of hydrogen-bond donors (Lipinski definition) is 1. The Balaban J connectivity index is 1.90. The number of hydrogen-bond acceptors (Lipinski definition) is 4. The summed E-state index contributed by atoms with van der Waals surface area (Å²) in [7, 11) is 0. The Kier molecular flexibility index (Phi) is 3.10. The molecule has 3 heterocycles. The van der Waals surface area contributed by atoms with E-state index in [0.29, 0.717) is 0 Å². The van der Waals surface area contributed by atoms with Crippen molar-refractivity contribution in [1.82, 2.24) is 9.97 Å². The molecule has 0 radical (unpaired) electrons. The van der Waals surface area contributed by atoms with E-state index in [-0.39, 0.29) is 5.56 Å². The Labute approximate surface area is 116 Å². The highest BCUT2D eigenvalue weighted by Crippen LogP contribution is 2.24. The molecule has 0 amide bonds. The number of carboxylic acids is 1. The molecule has 5 heteroatoms. The molecule has 20 heavy (non-hydrogen) atoms. The molecule has 0 bridgehead atoms. The van der Waals surface area contributed by atoms with Crippen molar-refractivity contribution >= 4 is 11.8 Å². The van der Waals surface area contributed by atoms with Gasteiger partial charge in [0.05, 0.1) is 5.56 Å². The summed E-state index contributed by atoms with van der Waals surface area (Å²) in [6.07, 6.45) is 4.13. The van der Waals surface area contributed by atoms with Crippen LogP contribution in [-0.2, 0) is 13.0 Å². The molecule has 1 N–H and O–H groups in total. The first-order valence-corrected chi connectivity index (χ1v) is 6.53. The van der Waals surface area contributed by atoms with Crippen LogP contribution in [0, 0.1) is 6.92 Å². The van der Waals surface area contributed by atoms with E-state index < -0.39 is 5.97 Å². The van der Waals surface area contributed by atoms with E-state index in [2.05, 4.69) is 20.9 Å². The van der Waals surface area contributed by atoms with Crippen LogP contribution in [0.2, 0.25) is 0 Å².